The van der Waals surface area contributed by atoms with Crippen LogP contribution in [0.2, 0.25) is 0 Å². The van der Waals surface area contributed by atoms with Crippen molar-refractivity contribution >= 4 is 23.6 Å². The molecule has 0 saturated heterocycles. The Balaban J connectivity index is 2.08. The normalized spacial score (nSPS) is 11.7. The van der Waals surface area contributed by atoms with Crippen molar-refractivity contribution in [2.45, 2.75) is 26.3 Å². The van der Waals surface area contributed by atoms with Crippen molar-refractivity contribution in [1.29, 1.82) is 0 Å². The van der Waals surface area contributed by atoms with E-state index in [2.05, 4.69) is 36.5 Å². The Hall–Kier alpha value is -2.31. The van der Waals surface area contributed by atoms with Crippen LogP contribution in [0.3, 0.4) is 0 Å². The lowest BCUT2D eigenvalue weighted by Gasteiger charge is -2.16. The Bertz CT molecular complexity index is 730. The molecule has 2 rings (SSSR count). The van der Waals surface area contributed by atoms with Gasteiger partial charge in [0.15, 0.2) is 0 Å². The summed E-state index contributed by atoms with van der Waals surface area (Å²) >= 11 is 1.51. The van der Waals surface area contributed by atoms with Crippen molar-refractivity contribution < 1.29 is 14.8 Å². The fourth-order valence-corrected chi connectivity index (χ4v) is 3.19. The molecular formula is C20H24N2O3S. The number of thioether (sulfide) groups is 1. The molecule has 1 atom stereocenters. The van der Waals surface area contributed by atoms with E-state index in [1.54, 1.807) is 17.6 Å². The summed E-state index contributed by atoms with van der Waals surface area (Å²) in [6, 6.07) is 14.8. The smallest absolute Gasteiger partial charge is 0.266 e. The van der Waals surface area contributed by atoms with Gasteiger partial charge in [0.2, 0.25) is 0 Å². The Morgan fingerprint density at radius 3 is 2.08 bits per heavy atom. The zero-order chi connectivity index (χ0) is 18.9. The molecule has 6 heteroatoms. The second-order valence-corrected chi connectivity index (χ2v) is 7.11. The maximum absolute atomic E-state index is 12.4. The van der Waals surface area contributed by atoms with Crippen LogP contribution in [0.4, 0.5) is 0 Å². The third kappa shape index (κ3) is 5.34. The Labute approximate surface area is 158 Å². The molecule has 0 radical (unpaired) electrons. The molecule has 26 heavy (non-hydrogen) atoms. The molecule has 0 spiro atoms. The van der Waals surface area contributed by atoms with Crippen molar-refractivity contribution in [2.75, 3.05) is 11.5 Å². The van der Waals surface area contributed by atoms with Gasteiger partial charge in [-0.2, -0.15) is 11.8 Å². The molecule has 0 aromatic heterocycles. The van der Waals surface area contributed by atoms with Gasteiger partial charge in [0.25, 0.3) is 11.8 Å². The fraction of sp³-hybridized carbons (Fsp3) is 0.300. The summed E-state index contributed by atoms with van der Waals surface area (Å²) in [5.41, 5.74) is 5.47. The van der Waals surface area contributed by atoms with Crippen LogP contribution < -0.4 is 10.8 Å². The second-order valence-electron chi connectivity index (χ2n) is 5.79. The average molecular weight is 372 g/mol. The number of nitrogens with one attached hydrogen (secondary N) is 2. The predicted molar refractivity (Wildman–Crippen MR) is 105 cm³/mol. The Morgan fingerprint density at radius 1 is 1.00 bits per heavy atom. The topological polar surface area (TPSA) is 78.4 Å². The number of rotatable bonds is 8. The first-order valence-corrected chi connectivity index (χ1v) is 9.76. The summed E-state index contributed by atoms with van der Waals surface area (Å²) in [6.07, 6.45) is 0.998. The number of carbonyl (C=O) groups excluding carboxylic acids is 2. The van der Waals surface area contributed by atoms with Crippen LogP contribution in [-0.4, -0.2) is 34.6 Å². The van der Waals surface area contributed by atoms with E-state index in [0.717, 1.165) is 23.3 Å². The molecule has 0 aliphatic rings. The molecule has 5 nitrogen and oxygen atoms in total. The molecule has 2 amide bonds. The first-order valence-electron chi connectivity index (χ1n) is 8.61. The van der Waals surface area contributed by atoms with E-state index in [-0.39, 0.29) is 5.91 Å². The number of hydrogen-bond acceptors (Lipinski definition) is 4. The minimum absolute atomic E-state index is 0.344. The van der Waals surface area contributed by atoms with Gasteiger partial charge in [0.05, 0.1) is 0 Å². The molecule has 3 N–H and O–H groups in total. The van der Waals surface area contributed by atoms with E-state index < -0.39 is 11.9 Å². The zero-order valence-corrected chi connectivity index (χ0v) is 15.8. The van der Waals surface area contributed by atoms with E-state index in [1.165, 1.54) is 17.3 Å². The van der Waals surface area contributed by atoms with E-state index in [9.17, 15) is 9.59 Å². The van der Waals surface area contributed by atoms with Gasteiger partial charge >= 0.3 is 0 Å². The van der Waals surface area contributed by atoms with Gasteiger partial charge < -0.3 is 5.32 Å². The minimum Gasteiger partial charge on any atom is -0.339 e. The van der Waals surface area contributed by atoms with Gasteiger partial charge in [0, 0.05) is 11.3 Å². The Morgan fingerprint density at radius 2 is 1.58 bits per heavy atom. The summed E-state index contributed by atoms with van der Waals surface area (Å²) in [6.45, 7) is 4.08. The van der Waals surface area contributed by atoms with E-state index in [4.69, 9.17) is 5.21 Å². The molecule has 0 unspecified atom stereocenters. The number of hydroxylamine groups is 1. The maximum atomic E-state index is 12.4. The molecule has 0 bridgehead atoms. The van der Waals surface area contributed by atoms with Crippen LogP contribution in [0.1, 0.15) is 29.8 Å². The van der Waals surface area contributed by atoms with Gasteiger partial charge in [-0.1, -0.05) is 50.2 Å². The summed E-state index contributed by atoms with van der Waals surface area (Å²) in [5, 5.41) is 11.5. The van der Waals surface area contributed by atoms with Crippen molar-refractivity contribution in [3.8, 4) is 11.1 Å². The highest BCUT2D eigenvalue weighted by Gasteiger charge is 2.20. The van der Waals surface area contributed by atoms with Crippen LogP contribution >= 0.6 is 11.8 Å². The highest BCUT2D eigenvalue weighted by molar-refractivity contribution is 7.99. The van der Waals surface area contributed by atoms with Crippen LogP contribution in [-0.2, 0) is 11.2 Å². The fourth-order valence-electron chi connectivity index (χ4n) is 2.49. The van der Waals surface area contributed by atoms with Gasteiger partial charge in [-0.05, 0) is 41.0 Å². The number of carbonyl (C=O) groups is 2. The third-order valence-corrected chi connectivity index (χ3v) is 5.04. The van der Waals surface area contributed by atoms with E-state index in [0.29, 0.717) is 11.3 Å². The molecule has 2 aromatic rings. The average Bonchev–Trinajstić information content (AvgIpc) is 2.70. The lowest BCUT2D eigenvalue weighted by Crippen LogP contribution is -2.47. The largest absolute Gasteiger partial charge is 0.339 e. The number of amides is 2. The highest BCUT2D eigenvalue weighted by Crippen LogP contribution is 2.20. The monoisotopic (exact) mass is 372 g/mol. The van der Waals surface area contributed by atoms with Crippen LogP contribution in [0.25, 0.3) is 11.1 Å². The van der Waals surface area contributed by atoms with Crippen molar-refractivity contribution in [2.24, 2.45) is 0 Å². The summed E-state index contributed by atoms with van der Waals surface area (Å²) in [4.78, 5) is 24.1. The molecule has 0 aliphatic carbocycles. The predicted octanol–water partition coefficient (Wildman–Crippen LogP) is 3.27. The first-order chi connectivity index (χ1) is 12.6. The van der Waals surface area contributed by atoms with E-state index in [1.807, 2.05) is 19.1 Å². The molecule has 0 fully saturated rings. The lowest BCUT2D eigenvalue weighted by molar-refractivity contribution is -0.130. The number of benzene rings is 2. The summed E-state index contributed by atoms with van der Waals surface area (Å²) < 4.78 is 0. The van der Waals surface area contributed by atoms with E-state index >= 15 is 0 Å². The second kappa shape index (κ2) is 9.99. The van der Waals surface area contributed by atoms with Crippen molar-refractivity contribution in [3.05, 3.63) is 59.7 Å². The zero-order valence-electron chi connectivity index (χ0n) is 15.0. The Kier molecular flexibility index (Phi) is 7.69. The molecule has 138 valence electrons. The van der Waals surface area contributed by atoms with Gasteiger partial charge in [-0.3, -0.25) is 14.8 Å². The number of hydrogen-bond donors (Lipinski definition) is 3. The van der Waals surface area contributed by atoms with Gasteiger partial charge in [0.1, 0.15) is 6.04 Å². The lowest BCUT2D eigenvalue weighted by atomic mass is 10.0. The highest BCUT2D eigenvalue weighted by atomic mass is 32.2. The number of aryl methyl sites for hydroxylation is 1. The quantitative estimate of drug-likeness (QED) is 0.491. The van der Waals surface area contributed by atoms with Gasteiger partial charge in [-0.25, -0.2) is 5.48 Å². The van der Waals surface area contributed by atoms with Crippen LogP contribution in [0.5, 0.6) is 0 Å². The molecule has 2 aromatic carbocycles. The summed E-state index contributed by atoms with van der Waals surface area (Å²) in [5.74, 6) is 0.253. The van der Waals surface area contributed by atoms with Gasteiger partial charge in [-0.15, -0.1) is 0 Å². The molecule has 0 aliphatic heterocycles. The van der Waals surface area contributed by atoms with Crippen molar-refractivity contribution in [3.63, 3.8) is 0 Å². The molecule has 0 heterocycles. The standard InChI is InChI=1S/C20H24N2O3S/c1-3-14-5-7-15(8-6-14)16-9-11-17(12-10-16)19(23)21-18(13-26-4-2)20(24)22-25/h5-12,18,25H,3-4,13H2,1-2H3,(H,21,23)(H,22,24)/t18-/m0/s1. The minimum atomic E-state index is -0.779. The van der Waals surface area contributed by atoms with Crippen LogP contribution in [0.15, 0.2) is 48.5 Å². The maximum Gasteiger partial charge on any atom is 0.266 e. The summed E-state index contributed by atoms with van der Waals surface area (Å²) in [7, 11) is 0. The van der Waals surface area contributed by atoms with Crippen molar-refractivity contribution in [1.82, 2.24) is 10.8 Å². The third-order valence-electron chi connectivity index (χ3n) is 4.06. The van der Waals surface area contributed by atoms with Crippen LogP contribution in [0, 0.1) is 0 Å². The SMILES string of the molecule is CCSC[C@H](NC(=O)c1ccc(-c2ccc(CC)cc2)cc1)C(=O)NO. The first kappa shape index (κ1) is 20.0. The molecule has 0 saturated carbocycles. The molecular weight excluding hydrogens is 348 g/mol.